The second kappa shape index (κ2) is 6.78. The van der Waals surface area contributed by atoms with E-state index in [1.54, 1.807) is 0 Å². The van der Waals surface area contributed by atoms with E-state index in [-0.39, 0.29) is 18.0 Å². The maximum absolute atomic E-state index is 13.0. The normalized spacial score (nSPS) is 21.6. The third-order valence-electron chi connectivity index (χ3n) is 4.16. The molecule has 1 aromatic carbocycles. The summed E-state index contributed by atoms with van der Waals surface area (Å²) in [4.78, 5) is 15.0. The highest BCUT2D eigenvalue weighted by Crippen LogP contribution is 2.25. The van der Waals surface area contributed by atoms with Gasteiger partial charge in [-0.05, 0) is 52.2 Å². The van der Waals surface area contributed by atoms with Gasteiger partial charge in [-0.2, -0.15) is 0 Å². The van der Waals surface area contributed by atoms with Crippen molar-refractivity contribution < 1.29 is 4.79 Å². The van der Waals surface area contributed by atoms with Crippen LogP contribution in [0.2, 0.25) is 0 Å². The van der Waals surface area contributed by atoms with E-state index in [0.717, 1.165) is 24.0 Å². The highest BCUT2D eigenvalue weighted by Gasteiger charge is 2.30. The quantitative estimate of drug-likeness (QED) is 0.806. The van der Waals surface area contributed by atoms with E-state index in [4.69, 9.17) is 5.73 Å². The molecule has 1 aromatic rings. The Kier molecular flexibility index (Phi) is 5.03. The van der Waals surface area contributed by atoms with Crippen LogP contribution in [0.4, 0.5) is 0 Å². The Morgan fingerprint density at radius 2 is 2.00 bits per heavy atom. The number of carbonyl (C=O) groups is 1. The topological polar surface area (TPSA) is 46.3 Å². The average Bonchev–Trinajstić information content (AvgIpc) is 2.45. The van der Waals surface area contributed by atoms with Gasteiger partial charge in [-0.15, -0.1) is 0 Å². The van der Waals surface area contributed by atoms with Gasteiger partial charge in [-0.1, -0.05) is 23.5 Å². The Hall–Kier alpha value is -1.79. The zero-order chi connectivity index (χ0) is 15.4. The van der Waals surface area contributed by atoms with Gasteiger partial charge in [-0.3, -0.25) is 4.79 Å². The van der Waals surface area contributed by atoms with E-state index < -0.39 is 0 Å². The summed E-state index contributed by atoms with van der Waals surface area (Å²) < 4.78 is 0. The van der Waals surface area contributed by atoms with Crippen molar-refractivity contribution >= 4 is 5.91 Å². The van der Waals surface area contributed by atoms with Crippen molar-refractivity contribution in [2.24, 2.45) is 5.73 Å². The SMILES string of the molecule is Cc1ccc(C#CCN)c(C(=O)N2[C@H](C)CCC[C@@H]2C)c1. The van der Waals surface area contributed by atoms with Crippen LogP contribution in [0.15, 0.2) is 18.2 Å². The zero-order valence-corrected chi connectivity index (χ0v) is 13.1. The van der Waals surface area contributed by atoms with Gasteiger partial charge in [0.2, 0.25) is 0 Å². The van der Waals surface area contributed by atoms with E-state index in [2.05, 4.69) is 25.7 Å². The van der Waals surface area contributed by atoms with E-state index in [9.17, 15) is 4.79 Å². The number of piperidine rings is 1. The Labute approximate surface area is 127 Å². The molecule has 2 atom stereocenters. The molecule has 0 radical (unpaired) electrons. The Morgan fingerprint density at radius 1 is 1.33 bits per heavy atom. The van der Waals surface area contributed by atoms with Crippen LogP contribution >= 0.6 is 0 Å². The van der Waals surface area contributed by atoms with E-state index in [1.807, 2.05) is 30.0 Å². The van der Waals surface area contributed by atoms with Gasteiger partial charge in [0, 0.05) is 17.6 Å². The first-order valence-corrected chi connectivity index (χ1v) is 7.67. The lowest BCUT2D eigenvalue weighted by molar-refractivity contribution is 0.0510. The number of likely N-dealkylation sites (tertiary alicyclic amines) is 1. The minimum Gasteiger partial charge on any atom is -0.333 e. The van der Waals surface area contributed by atoms with Crippen molar-refractivity contribution in [2.45, 2.75) is 52.1 Å². The summed E-state index contributed by atoms with van der Waals surface area (Å²) in [7, 11) is 0. The number of aryl methyl sites for hydroxylation is 1. The number of hydrogen-bond acceptors (Lipinski definition) is 2. The predicted octanol–water partition coefficient (Wildman–Crippen LogP) is 2.71. The largest absolute Gasteiger partial charge is 0.333 e. The molecular weight excluding hydrogens is 260 g/mol. The smallest absolute Gasteiger partial charge is 0.255 e. The predicted molar refractivity (Wildman–Crippen MR) is 86.1 cm³/mol. The van der Waals surface area contributed by atoms with Crippen molar-refractivity contribution in [1.82, 2.24) is 4.90 Å². The Balaban J connectivity index is 2.39. The number of benzene rings is 1. The molecule has 0 spiro atoms. The summed E-state index contributed by atoms with van der Waals surface area (Å²) in [6.07, 6.45) is 3.34. The molecule has 1 fully saturated rings. The summed E-state index contributed by atoms with van der Waals surface area (Å²) >= 11 is 0. The molecule has 21 heavy (non-hydrogen) atoms. The lowest BCUT2D eigenvalue weighted by Gasteiger charge is -2.39. The molecule has 0 aromatic heterocycles. The molecule has 0 bridgehead atoms. The molecular formula is C18H24N2O. The molecule has 0 saturated carbocycles. The van der Waals surface area contributed by atoms with Crippen LogP contribution in [0.3, 0.4) is 0 Å². The Bertz CT molecular complexity index is 573. The standard InChI is InChI=1S/C18H24N2O/c1-13-9-10-16(8-5-11-19)17(12-13)18(21)20-14(2)6-4-7-15(20)3/h9-10,12,14-15H,4,6-7,11,19H2,1-3H3/t14-,15+. The maximum atomic E-state index is 13.0. The maximum Gasteiger partial charge on any atom is 0.255 e. The summed E-state index contributed by atoms with van der Waals surface area (Å²) in [5.41, 5.74) is 8.01. The van der Waals surface area contributed by atoms with Gasteiger partial charge in [0.25, 0.3) is 5.91 Å². The van der Waals surface area contributed by atoms with Crippen LogP contribution in [-0.4, -0.2) is 29.4 Å². The highest BCUT2D eigenvalue weighted by atomic mass is 16.2. The molecule has 0 unspecified atom stereocenters. The number of hydrogen-bond donors (Lipinski definition) is 1. The molecule has 1 aliphatic rings. The fourth-order valence-corrected chi connectivity index (χ4v) is 3.05. The van der Waals surface area contributed by atoms with E-state index >= 15 is 0 Å². The molecule has 2 rings (SSSR count). The van der Waals surface area contributed by atoms with E-state index in [1.165, 1.54) is 6.42 Å². The number of rotatable bonds is 1. The second-order valence-corrected chi connectivity index (χ2v) is 5.90. The monoisotopic (exact) mass is 284 g/mol. The van der Waals surface area contributed by atoms with Gasteiger partial charge >= 0.3 is 0 Å². The van der Waals surface area contributed by atoms with Crippen LogP contribution in [0.25, 0.3) is 0 Å². The van der Waals surface area contributed by atoms with Crippen LogP contribution < -0.4 is 5.73 Å². The van der Waals surface area contributed by atoms with E-state index in [0.29, 0.717) is 12.1 Å². The van der Waals surface area contributed by atoms with Crippen molar-refractivity contribution in [3.63, 3.8) is 0 Å². The summed E-state index contributed by atoms with van der Waals surface area (Å²) in [6.45, 7) is 6.57. The molecule has 2 N–H and O–H groups in total. The van der Waals surface area contributed by atoms with Crippen LogP contribution in [-0.2, 0) is 0 Å². The van der Waals surface area contributed by atoms with Gasteiger partial charge in [0.05, 0.1) is 12.1 Å². The molecule has 3 heteroatoms. The molecule has 1 saturated heterocycles. The molecule has 1 heterocycles. The highest BCUT2D eigenvalue weighted by molar-refractivity contribution is 5.97. The molecule has 0 aliphatic carbocycles. The number of nitrogens with zero attached hydrogens (tertiary/aromatic N) is 1. The number of nitrogens with two attached hydrogens (primary N) is 1. The Morgan fingerprint density at radius 3 is 2.62 bits per heavy atom. The first-order chi connectivity index (χ1) is 10.0. The number of carbonyl (C=O) groups excluding carboxylic acids is 1. The molecule has 1 amide bonds. The summed E-state index contributed by atoms with van der Waals surface area (Å²) in [5.74, 6) is 5.98. The van der Waals surface area contributed by atoms with Crippen molar-refractivity contribution in [3.8, 4) is 11.8 Å². The van der Waals surface area contributed by atoms with Crippen LogP contribution in [0, 0.1) is 18.8 Å². The van der Waals surface area contributed by atoms with Gasteiger partial charge in [0.1, 0.15) is 0 Å². The van der Waals surface area contributed by atoms with Gasteiger partial charge in [-0.25, -0.2) is 0 Å². The first-order valence-electron chi connectivity index (χ1n) is 7.67. The molecule has 112 valence electrons. The molecule has 3 nitrogen and oxygen atoms in total. The minimum atomic E-state index is 0.0970. The lowest BCUT2D eigenvalue weighted by atomic mass is 9.95. The number of amides is 1. The van der Waals surface area contributed by atoms with Crippen molar-refractivity contribution in [3.05, 3.63) is 34.9 Å². The first kappa shape index (κ1) is 15.6. The average molecular weight is 284 g/mol. The summed E-state index contributed by atoms with van der Waals surface area (Å²) in [6, 6.07) is 6.43. The van der Waals surface area contributed by atoms with Crippen molar-refractivity contribution in [2.75, 3.05) is 6.54 Å². The van der Waals surface area contributed by atoms with Crippen molar-refractivity contribution in [1.29, 1.82) is 0 Å². The minimum absolute atomic E-state index is 0.0970. The zero-order valence-electron chi connectivity index (χ0n) is 13.1. The van der Waals surface area contributed by atoms with Gasteiger partial charge < -0.3 is 10.6 Å². The third-order valence-corrected chi connectivity index (χ3v) is 4.16. The second-order valence-electron chi connectivity index (χ2n) is 5.90. The lowest BCUT2D eigenvalue weighted by Crippen LogP contribution is -2.47. The fraction of sp³-hybridized carbons (Fsp3) is 0.500. The molecule has 1 aliphatic heterocycles. The van der Waals surface area contributed by atoms with Gasteiger partial charge in [0.15, 0.2) is 0 Å². The van der Waals surface area contributed by atoms with Crippen LogP contribution in [0.5, 0.6) is 0 Å². The summed E-state index contributed by atoms with van der Waals surface area (Å²) in [5, 5.41) is 0. The van der Waals surface area contributed by atoms with Crippen LogP contribution in [0.1, 0.15) is 54.6 Å². The fourth-order valence-electron chi connectivity index (χ4n) is 3.05. The third kappa shape index (κ3) is 3.46.